The number of esters is 1. The number of ether oxygens (including phenoxy) is 2. The molecule has 4 rings (SSSR count). The highest BCUT2D eigenvalue weighted by Crippen LogP contribution is 2.43. The van der Waals surface area contributed by atoms with Crippen molar-refractivity contribution >= 4 is 5.97 Å². The third-order valence-corrected chi connectivity index (χ3v) is 5.16. The molecule has 7 heteroatoms. The third-order valence-electron chi connectivity index (χ3n) is 5.16. The molecule has 26 heavy (non-hydrogen) atoms. The van der Waals surface area contributed by atoms with E-state index >= 15 is 0 Å². The van der Waals surface area contributed by atoms with E-state index in [-0.39, 0.29) is 35.8 Å². The average Bonchev–Trinajstić information content (AvgIpc) is 3.10. The summed E-state index contributed by atoms with van der Waals surface area (Å²) in [4.78, 5) is 27.6. The van der Waals surface area contributed by atoms with Crippen LogP contribution in [0.15, 0.2) is 35.1 Å². The van der Waals surface area contributed by atoms with Gasteiger partial charge in [0.05, 0.1) is 25.1 Å². The molecule has 3 atom stereocenters. The fourth-order valence-corrected chi connectivity index (χ4v) is 3.94. The van der Waals surface area contributed by atoms with Crippen LogP contribution in [-0.2, 0) is 4.79 Å². The van der Waals surface area contributed by atoms with E-state index in [1.54, 1.807) is 20.1 Å². The minimum Gasteiger partial charge on any atom is -0.497 e. The molecule has 0 spiro atoms. The van der Waals surface area contributed by atoms with Crippen LogP contribution in [0.4, 0.5) is 0 Å². The maximum Gasteiger partial charge on any atom is 0.311 e. The van der Waals surface area contributed by atoms with Crippen molar-refractivity contribution < 1.29 is 14.3 Å². The summed E-state index contributed by atoms with van der Waals surface area (Å²) in [5.74, 6) is 0.694. The Labute approximate surface area is 150 Å². The largest absolute Gasteiger partial charge is 0.497 e. The number of hydrazine groups is 1. The average molecular weight is 355 g/mol. The lowest BCUT2D eigenvalue weighted by Gasteiger charge is -2.31. The number of hydrogen-bond acceptors (Lipinski definition) is 6. The fraction of sp³-hybridized carbons (Fsp3) is 0.368. The van der Waals surface area contributed by atoms with Gasteiger partial charge in [-0.25, -0.2) is 5.43 Å². The van der Waals surface area contributed by atoms with Crippen molar-refractivity contribution in [2.45, 2.75) is 25.3 Å². The second-order valence-electron chi connectivity index (χ2n) is 6.78. The number of hydrogen-bond donors (Lipinski definition) is 3. The molecule has 1 fully saturated rings. The van der Waals surface area contributed by atoms with Gasteiger partial charge in [-0.1, -0.05) is 12.1 Å². The van der Waals surface area contributed by atoms with Crippen molar-refractivity contribution in [1.82, 2.24) is 15.8 Å². The number of carbonyl (C=O) groups excluding carboxylic acids is 1. The lowest BCUT2D eigenvalue weighted by atomic mass is 9.77. The molecule has 1 aromatic carbocycles. The number of nitrogens with one attached hydrogen (secondary N) is 3. The molecule has 0 radical (unpaired) electrons. The Morgan fingerprint density at radius 3 is 2.69 bits per heavy atom. The van der Waals surface area contributed by atoms with Gasteiger partial charge in [-0.05, 0) is 24.6 Å². The number of rotatable bonds is 3. The summed E-state index contributed by atoms with van der Waals surface area (Å²) >= 11 is 0. The number of fused-ring (bicyclic) bond motifs is 1. The summed E-state index contributed by atoms with van der Waals surface area (Å²) in [5, 5.41) is 0. The smallest absolute Gasteiger partial charge is 0.311 e. The molecule has 2 aliphatic heterocycles. The van der Waals surface area contributed by atoms with E-state index in [0.29, 0.717) is 23.6 Å². The number of H-pyrrole nitrogens is 1. The van der Waals surface area contributed by atoms with Crippen LogP contribution in [0.3, 0.4) is 0 Å². The number of benzene rings is 1. The van der Waals surface area contributed by atoms with Crippen LogP contribution in [0.1, 0.15) is 35.2 Å². The number of aromatic nitrogens is 1. The van der Waals surface area contributed by atoms with Crippen molar-refractivity contribution in [3.8, 4) is 11.5 Å². The molecule has 3 N–H and O–H groups in total. The van der Waals surface area contributed by atoms with E-state index in [1.165, 1.54) is 0 Å². The molecule has 0 bridgehead atoms. The highest BCUT2D eigenvalue weighted by atomic mass is 16.5. The van der Waals surface area contributed by atoms with Crippen molar-refractivity contribution in [1.29, 1.82) is 0 Å². The van der Waals surface area contributed by atoms with Crippen LogP contribution >= 0.6 is 0 Å². The molecule has 1 saturated heterocycles. The van der Waals surface area contributed by atoms with Crippen molar-refractivity contribution in [2.75, 3.05) is 13.7 Å². The zero-order chi connectivity index (χ0) is 18.3. The Kier molecular flexibility index (Phi) is 4.26. The molecule has 0 saturated carbocycles. The van der Waals surface area contributed by atoms with Crippen LogP contribution in [0.5, 0.6) is 11.5 Å². The predicted octanol–water partition coefficient (Wildman–Crippen LogP) is 1.55. The minimum absolute atomic E-state index is 0.0228. The van der Waals surface area contributed by atoms with Crippen LogP contribution in [0.25, 0.3) is 0 Å². The highest BCUT2D eigenvalue weighted by Gasteiger charge is 2.41. The number of aromatic amines is 1. The number of pyridine rings is 1. The molecule has 2 aromatic rings. The first kappa shape index (κ1) is 16.8. The van der Waals surface area contributed by atoms with Gasteiger partial charge in [0.2, 0.25) is 0 Å². The van der Waals surface area contributed by atoms with E-state index in [9.17, 15) is 9.59 Å². The first-order valence-electron chi connectivity index (χ1n) is 8.63. The molecule has 2 aliphatic rings. The molecule has 1 aromatic heterocycles. The van der Waals surface area contributed by atoms with E-state index in [1.807, 2.05) is 24.3 Å². The normalized spacial score (nSPS) is 24.8. The summed E-state index contributed by atoms with van der Waals surface area (Å²) in [6.07, 6.45) is 0.194. The standard InChI is InChI=1S/C19H21N3O4/c1-10-7-15-17(19(24)21-10)13(8-16(23)26-15)14-9-20-22-18(14)11-3-5-12(25-2)6-4-11/h3-7,13-14,18,20,22H,8-9H2,1-2H3,(H,21,24). The van der Waals surface area contributed by atoms with Crippen LogP contribution in [0.2, 0.25) is 0 Å². The quantitative estimate of drug-likeness (QED) is 0.724. The Morgan fingerprint density at radius 2 is 1.96 bits per heavy atom. The van der Waals surface area contributed by atoms with Crippen molar-refractivity contribution in [2.24, 2.45) is 5.92 Å². The molecular weight excluding hydrogens is 334 g/mol. The molecule has 0 aliphatic carbocycles. The Bertz CT molecular complexity index is 891. The van der Waals surface area contributed by atoms with Crippen LogP contribution in [-0.4, -0.2) is 24.6 Å². The van der Waals surface area contributed by atoms with E-state index in [0.717, 1.165) is 11.3 Å². The Morgan fingerprint density at radius 1 is 1.19 bits per heavy atom. The second kappa shape index (κ2) is 6.59. The molecule has 3 unspecified atom stereocenters. The molecule has 0 amide bonds. The van der Waals surface area contributed by atoms with Crippen molar-refractivity contribution in [3.63, 3.8) is 0 Å². The number of methoxy groups -OCH3 is 1. The summed E-state index contributed by atoms with van der Waals surface area (Å²) in [7, 11) is 1.63. The van der Waals surface area contributed by atoms with E-state index < -0.39 is 0 Å². The van der Waals surface area contributed by atoms with Gasteiger partial charge in [-0.15, -0.1) is 0 Å². The van der Waals surface area contributed by atoms with E-state index in [2.05, 4.69) is 15.8 Å². The van der Waals surface area contributed by atoms with Gasteiger partial charge in [0, 0.05) is 30.1 Å². The summed E-state index contributed by atoms with van der Waals surface area (Å²) < 4.78 is 10.6. The predicted molar refractivity (Wildman–Crippen MR) is 95.2 cm³/mol. The van der Waals surface area contributed by atoms with Gasteiger partial charge < -0.3 is 14.5 Å². The summed E-state index contributed by atoms with van der Waals surface area (Å²) in [6, 6.07) is 9.51. The Balaban J connectivity index is 1.72. The second-order valence-corrected chi connectivity index (χ2v) is 6.78. The van der Waals surface area contributed by atoms with E-state index in [4.69, 9.17) is 9.47 Å². The maximum atomic E-state index is 12.6. The van der Waals surface area contributed by atoms with Crippen molar-refractivity contribution in [3.05, 3.63) is 57.5 Å². The van der Waals surface area contributed by atoms with Gasteiger partial charge in [0.1, 0.15) is 11.5 Å². The first-order chi connectivity index (χ1) is 12.6. The summed E-state index contributed by atoms with van der Waals surface area (Å²) in [6.45, 7) is 2.43. The SMILES string of the molecule is COc1ccc(C2NNCC2C2CC(=O)Oc3cc(C)[nH]c(=O)c32)cc1. The minimum atomic E-state index is -0.298. The zero-order valence-electron chi connectivity index (χ0n) is 14.7. The first-order valence-corrected chi connectivity index (χ1v) is 8.63. The lowest BCUT2D eigenvalue weighted by molar-refractivity contribution is -0.136. The number of carbonyl (C=O) groups is 1. The zero-order valence-corrected chi connectivity index (χ0v) is 14.7. The molecule has 3 heterocycles. The lowest BCUT2D eigenvalue weighted by Crippen LogP contribution is -2.34. The van der Waals surface area contributed by atoms with Gasteiger partial charge in [0.25, 0.3) is 5.56 Å². The van der Waals surface area contributed by atoms with Crippen LogP contribution < -0.4 is 25.9 Å². The van der Waals surface area contributed by atoms with Crippen LogP contribution in [0, 0.1) is 12.8 Å². The fourth-order valence-electron chi connectivity index (χ4n) is 3.94. The number of aryl methyl sites for hydroxylation is 1. The summed E-state index contributed by atoms with van der Waals surface area (Å²) in [5.41, 5.74) is 8.58. The molecule has 7 nitrogen and oxygen atoms in total. The molecular formula is C19H21N3O4. The Hall–Kier alpha value is -2.64. The van der Waals surface area contributed by atoms with Gasteiger partial charge in [0.15, 0.2) is 0 Å². The third kappa shape index (κ3) is 2.89. The highest BCUT2D eigenvalue weighted by molar-refractivity contribution is 5.76. The topological polar surface area (TPSA) is 92.4 Å². The maximum absolute atomic E-state index is 12.6. The van der Waals surface area contributed by atoms with Gasteiger partial charge in [-0.3, -0.25) is 15.0 Å². The van der Waals surface area contributed by atoms with Gasteiger partial charge in [-0.2, -0.15) is 0 Å². The monoisotopic (exact) mass is 355 g/mol. The molecule has 136 valence electrons. The van der Waals surface area contributed by atoms with Gasteiger partial charge >= 0.3 is 5.97 Å².